The lowest BCUT2D eigenvalue weighted by Gasteiger charge is -2.21. The molecule has 0 saturated carbocycles. The standard InChI is InChI=1S/C11H20S/c1-7(2)10-9(5)6-12-11(10)8(3)4/h7-8,11H,6H2,1-5H3. The van der Waals surface area contributed by atoms with E-state index in [0.717, 1.165) is 17.1 Å². The molecule has 0 spiro atoms. The Morgan fingerprint density at radius 1 is 1.25 bits per heavy atom. The summed E-state index contributed by atoms with van der Waals surface area (Å²) in [5, 5.41) is 0.796. The van der Waals surface area contributed by atoms with Crippen LogP contribution in [-0.2, 0) is 0 Å². The van der Waals surface area contributed by atoms with E-state index in [1.54, 1.807) is 11.1 Å². The Morgan fingerprint density at radius 2 is 1.83 bits per heavy atom. The Morgan fingerprint density at radius 3 is 2.17 bits per heavy atom. The van der Waals surface area contributed by atoms with Crippen molar-refractivity contribution in [2.45, 2.75) is 39.9 Å². The summed E-state index contributed by atoms with van der Waals surface area (Å²) in [6.45, 7) is 11.6. The number of hydrogen-bond donors (Lipinski definition) is 0. The normalized spacial score (nSPS) is 24.8. The summed E-state index contributed by atoms with van der Waals surface area (Å²) in [5.41, 5.74) is 3.35. The van der Waals surface area contributed by atoms with Crippen LogP contribution in [0.1, 0.15) is 34.6 Å². The van der Waals surface area contributed by atoms with E-state index in [4.69, 9.17) is 0 Å². The highest BCUT2D eigenvalue weighted by molar-refractivity contribution is 8.00. The van der Waals surface area contributed by atoms with Crippen molar-refractivity contribution in [3.8, 4) is 0 Å². The van der Waals surface area contributed by atoms with Crippen LogP contribution in [0.3, 0.4) is 0 Å². The lowest BCUT2D eigenvalue weighted by atomic mass is 9.90. The van der Waals surface area contributed by atoms with E-state index in [1.165, 1.54) is 5.75 Å². The molecule has 1 unspecified atom stereocenters. The summed E-state index contributed by atoms with van der Waals surface area (Å²) in [4.78, 5) is 0. The van der Waals surface area contributed by atoms with Crippen molar-refractivity contribution in [2.75, 3.05) is 5.75 Å². The van der Waals surface area contributed by atoms with Gasteiger partial charge in [-0.2, -0.15) is 0 Å². The molecule has 0 aromatic rings. The first-order valence-corrected chi connectivity index (χ1v) is 5.90. The van der Waals surface area contributed by atoms with Crippen molar-refractivity contribution in [3.63, 3.8) is 0 Å². The van der Waals surface area contributed by atoms with Gasteiger partial charge in [-0.25, -0.2) is 0 Å². The fourth-order valence-corrected chi connectivity index (χ4v) is 3.64. The minimum absolute atomic E-state index is 0.743. The minimum Gasteiger partial charge on any atom is -0.149 e. The van der Waals surface area contributed by atoms with Crippen molar-refractivity contribution < 1.29 is 0 Å². The van der Waals surface area contributed by atoms with E-state index in [-0.39, 0.29) is 0 Å². The summed E-state index contributed by atoms with van der Waals surface area (Å²) in [5.74, 6) is 2.80. The van der Waals surface area contributed by atoms with Gasteiger partial charge in [-0.3, -0.25) is 0 Å². The van der Waals surface area contributed by atoms with E-state index in [2.05, 4.69) is 46.4 Å². The van der Waals surface area contributed by atoms with Crippen LogP contribution in [0.4, 0.5) is 0 Å². The maximum absolute atomic E-state index is 2.33. The Hall–Kier alpha value is 0.0900. The molecular weight excluding hydrogens is 164 g/mol. The Balaban J connectivity index is 2.82. The lowest BCUT2D eigenvalue weighted by Crippen LogP contribution is -2.15. The average Bonchev–Trinajstić information content (AvgIpc) is 2.30. The molecule has 0 radical (unpaired) electrons. The minimum atomic E-state index is 0.743. The first-order valence-electron chi connectivity index (χ1n) is 4.85. The van der Waals surface area contributed by atoms with Gasteiger partial charge in [-0.15, -0.1) is 11.8 Å². The van der Waals surface area contributed by atoms with Crippen molar-refractivity contribution in [3.05, 3.63) is 11.1 Å². The summed E-state index contributed by atoms with van der Waals surface area (Å²) in [6, 6.07) is 0. The van der Waals surface area contributed by atoms with Gasteiger partial charge >= 0.3 is 0 Å². The molecule has 70 valence electrons. The van der Waals surface area contributed by atoms with Gasteiger partial charge in [0, 0.05) is 11.0 Å². The van der Waals surface area contributed by atoms with Crippen molar-refractivity contribution in [1.29, 1.82) is 0 Å². The molecule has 0 saturated heterocycles. The van der Waals surface area contributed by atoms with Crippen LogP contribution in [0, 0.1) is 11.8 Å². The fraction of sp³-hybridized carbons (Fsp3) is 0.818. The Kier molecular flexibility index (Phi) is 3.28. The predicted octanol–water partition coefficient (Wildman–Crippen LogP) is 3.73. The number of rotatable bonds is 2. The van der Waals surface area contributed by atoms with E-state index in [0.29, 0.717) is 0 Å². The third-order valence-electron chi connectivity index (χ3n) is 2.51. The molecule has 0 amide bonds. The number of thioether (sulfide) groups is 1. The molecule has 1 aliphatic heterocycles. The van der Waals surface area contributed by atoms with Gasteiger partial charge in [0.05, 0.1) is 0 Å². The van der Waals surface area contributed by atoms with Crippen LogP contribution < -0.4 is 0 Å². The molecule has 0 aromatic carbocycles. The van der Waals surface area contributed by atoms with E-state index < -0.39 is 0 Å². The largest absolute Gasteiger partial charge is 0.149 e. The second-order valence-electron chi connectivity index (χ2n) is 4.37. The first-order chi connectivity index (χ1) is 5.54. The fourth-order valence-electron chi connectivity index (χ4n) is 2.00. The van der Waals surface area contributed by atoms with Crippen LogP contribution in [0.25, 0.3) is 0 Å². The lowest BCUT2D eigenvalue weighted by molar-refractivity contribution is 0.602. The zero-order valence-electron chi connectivity index (χ0n) is 8.85. The molecule has 1 rings (SSSR count). The molecule has 0 fully saturated rings. The zero-order valence-corrected chi connectivity index (χ0v) is 9.66. The summed E-state index contributed by atoms with van der Waals surface area (Å²) in [7, 11) is 0. The van der Waals surface area contributed by atoms with Gasteiger partial charge < -0.3 is 0 Å². The van der Waals surface area contributed by atoms with Crippen LogP contribution in [0.15, 0.2) is 11.1 Å². The van der Waals surface area contributed by atoms with Gasteiger partial charge in [0.15, 0.2) is 0 Å². The van der Waals surface area contributed by atoms with Crippen molar-refractivity contribution in [1.82, 2.24) is 0 Å². The second-order valence-corrected chi connectivity index (χ2v) is 5.50. The van der Waals surface area contributed by atoms with Crippen molar-refractivity contribution >= 4 is 11.8 Å². The second kappa shape index (κ2) is 3.87. The third kappa shape index (κ3) is 1.87. The van der Waals surface area contributed by atoms with Gasteiger partial charge in [0.25, 0.3) is 0 Å². The van der Waals surface area contributed by atoms with E-state index >= 15 is 0 Å². The van der Waals surface area contributed by atoms with Crippen LogP contribution >= 0.6 is 11.8 Å². The third-order valence-corrected chi connectivity index (χ3v) is 4.26. The molecule has 1 atom stereocenters. The van der Waals surface area contributed by atoms with Crippen LogP contribution in [0.5, 0.6) is 0 Å². The molecule has 0 bridgehead atoms. The molecule has 0 aromatic heterocycles. The van der Waals surface area contributed by atoms with Gasteiger partial charge in [0.2, 0.25) is 0 Å². The summed E-state index contributed by atoms with van der Waals surface area (Å²) in [6.07, 6.45) is 0. The molecule has 1 heteroatoms. The summed E-state index contributed by atoms with van der Waals surface area (Å²) < 4.78 is 0. The smallest absolute Gasteiger partial charge is 0.0288 e. The molecule has 12 heavy (non-hydrogen) atoms. The maximum Gasteiger partial charge on any atom is 0.0288 e. The van der Waals surface area contributed by atoms with Gasteiger partial charge in [0.1, 0.15) is 0 Å². The Bertz CT molecular complexity index is 189. The highest BCUT2D eigenvalue weighted by Crippen LogP contribution is 2.40. The molecule has 1 aliphatic rings. The monoisotopic (exact) mass is 184 g/mol. The van der Waals surface area contributed by atoms with E-state index in [1.807, 2.05) is 0 Å². The number of hydrogen-bond acceptors (Lipinski definition) is 1. The highest BCUT2D eigenvalue weighted by atomic mass is 32.2. The Labute approximate surface area is 80.8 Å². The van der Waals surface area contributed by atoms with Crippen LogP contribution in [-0.4, -0.2) is 11.0 Å². The highest BCUT2D eigenvalue weighted by Gasteiger charge is 2.27. The molecule has 0 N–H and O–H groups in total. The summed E-state index contributed by atoms with van der Waals surface area (Å²) >= 11 is 2.12. The molecular formula is C11H20S. The zero-order chi connectivity index (χ0) is 9.30. The van der Waals surface area contributed by atoms with Gasteiger partial charge in [-0.1, -0.05) is 38.8 Å². The van der Waals surface area contributed by atoms with Crippen molar-refractivity contribution in [2.24, 2.45) is 11.8 Å². The predicted molar refractivity (Wildman–Crippen MR) is 58.6 cm³/mol. The molecule has 0 aliphatic carbocycles. The SMILES string of the molecule is CC1=C(C(C)C)C(C(C)C)SC1. The van der Waals surface area contributed by atoms with Crippen LogP contribution in [0.2, 0.25) is 0 Å². The van der Waals surface area contributed by atoms with Gasteiger partial charge in [-0.05, 0) is 18.8 Å². The molecule has 0 nitrogen and oxygen atoms in total. The molecule has 1 heterocycles. The first kappa shape index (κ1) is 10.2. The quantitative estimate of drug-likeness (QED) is 0.589. The maximum atomic E-state index is 2.33. The topological polar surface area (TPSA) is 0 Å². The van der Waals surface area contributed by atoms with E-state index in [9.17, 15) is 0 Å². The average molecular weight is 184 g/mol.